The van der Waals surface area contributed by atoms with E-state index in [1.807, 2.05) is 0 Å². The lowest BCUT2D eigenvalue weighted by atomic mass is 9.86. The monoisotopic (exact) mass is 132 g/mol. The second-order valence-corrected chi connectivity index (χ2v) is 3.85. The molecule has 3 aliphatic carbocycles. The highest BCUT2D eigenvalue weighted by molar-refractivity contribution is 5.21. The second-order valence-electron chi connectivity index (χ2n) is 3.85. The third-order valence-electron chi connectivity index (χ3n) is 3.46. The Morgan fingerprint density at radius 1 is 1.00 bits per heavy atom. The topological polar surface area (TPSA) is 0 Å². The lowest BCUT2D eigenvalue weighted by Crippen LogP contribution is -2.12. The van der Waals surface area contributed by atoms with Crippen molar-refractivity contribution in [2.24, 2.45) is 23.7 Å². The maximum absolute atomic E-state index is 2.44. The molecule has 0 unspecified atom stereocenters. The zero-order valence-electron chi connectivity index (χ0n) is 6.03. The molecule has 0 aromatic heterocycles. The first-order valence-electron chi connectivity index (χ1n) is 4.30. The van der Waals surface area contributed by atoms with Gasteiger partial charge in [0.05, 0.1) is 0 Å². The molecule has 0 nitrogen and oxygen atoms in total. The van der Waals surface area contributed by atoms with Crippen LogP contribution in [0, 0.1) is 23.7 Å². The average Bonchev–Trinajstić information content (AvgIpc) is 2.60. The fourth-order valence-corrected chi connectivity index (χ4v) is 2.97. The van der Waals surface area contributed by atoms with Gasteiger partial charge in [0.1, 0.15) is 0 Å². The van der Waals surface area contributed by atoms with Crippen molar-refractivity contribution in [1.29, 1.82) is 0 Å². The molecule has 1 saturated carbocycles. The van der Waals surface area contributed by atoms with Gasteiger partial charge >= 0.3 is 0 Å². The smallest absolute Gasteiger partial charge is 0.0133 e. The molecule has 0 amide bonds. The van der Waals surface area contributed by atoms with Crippen molar-refractivity contribution in [3.05, 3.63) is 24.3 Å². The Balaban J connectivity index is 2.04. The molecular weight excluding hydrogens is 120 g/mol. The summed E-state index contributed by atoms with van der Waals surface area (Å²) < 4.78 is 0. The van der Waals surface area contributed by atoms with Crippen LogP contribution in [-0.2, 0) is 0 Å². The van der Waals surface area contributed by atoms with Crippen molar-refractivity contribution in [2.45, 2.75) is 12.8 Å². The minimum atomic E-state index is 0.925. The fourth-order valence-electron chi connectivity index (χ4n) is 2.97. The van der Waals surface area contributed by atoms with E-state index in [1.165, 1.54) is 12.8 Å². The number of rotatable bonds is 0. The summed E-state index contributed by atoms with van der Waals surface area (Å²) in [7, 11) is 0. The SMILES string of the molecule is C1=C[C@@H]2[C@H](C1)[C@H]1C=C[C@H]2C1. The van der Waals surface area contributed by atoms with Crippen LogP contribution in [0.25, 0.3) is 0 Å². The maximum atomic E-state index is 2.44. The van der Waals surface area contributed by atoms with Crippen molar-refractivity contribution in [2.75, 3.05) is 0 Å². The van der Waals surface area contributed by atoms with Gasteiger partial charge in [-0.05, 0) is 36.5 Å². The predicted octanol–water partition coefficient (Wildman–Crippen LogP) is 2.38. The van der Waals surface area contributed by atoms with Gasteiger partial charge < -0.3 is 0 Å². The van der Waals surface area contributed by atoms with Gasteiger partial charge in [0.2, 0.25) is 0 Å². The first-order chi connectivity index (χ1) is 4.95. The zero-order valence-corrected chi connectivity index (χ0v) is 6.03. The van der Waals surface area contributed by atoms with Crippen molar-refractivity contribution in [3.8, 4) is 0 Å². The average molecular weight is 132 g/mol. The lowest BCUT2D eigenvalue weighted by molar-refractivity contribution is 0.398. The molecule has 0 heteroatoms. The van der Waals surface area contributed by atoms with Crippen LogP contribution in [0.2, 0.25) is 0 Å². The molecule has 0 aromatic carbocycles. The quantitative estimate of drug-likeness (QED) is 0.444. The van der Waals surface area contributed by atoms with Crippen LogP contribution in [0.15, 0.2) is 24.3 Å². The van der Waals surface area contributed by atoms with E-state index in [4.69, 9.17) is 0 Å². The predicted molar refractivity (Wildman–Crippen MR) is 41.5 cm³/mol. The van der Waals surface area contributed by atoms with Crippen LogP contribution in [0.1, 0.15) is 12.8 Å². The van der Waals surface area contributed by atoms with Crippen molar-refractivity contribution in [1.82, 2.24) is 0 Å². The Morgan fingerprint density at radius 2 is 1.90 bits per heavy atom. The Morgan fingerprint density at radius 3 is 2.80 bits per heavy atom. The van der Waals surface area contributed by atoms with Gasteiger partial charge in [-0.2, -0.15) is 0 Å². The summed E-state index contributed by atoms with van der Waals surface area (Å²) >= 11 is 0. The van der Waals surface area contributed by atoms with Gasteiger partial charge in [0.15, 0.2) is 0 Å². The number of allylic oxidation sites excluding steroid dienone is 4. The van der Waals surface area contributed by atoms with Gasteiger partial charge in [-0.1, -0.05) is 24.3 Å². The molecular formula is C10H12. The second kappa shape index (κ2) is 1.55. The molecule has 52 valence electrons. The summed E-state index contributed by atoms with van der Waals surface area (Å²) in [6.07, 6.45) is 12.5. The molecule has 0 saturated heterocycles. The summed E-state index contributed by atoms with van der Waals surface area (Å²) in [6.45, 7) is 0. The highest BCUT2D eigenvalue weighted by atomic mass is 14.5. The first kappa shape index (κ1) is 5.17. The minimum absolute atomic E-state index is 0.925. The maximum Gasteiger partial charge on any atom is -0.0133 e. The zero-order chi connectivity index (χ0) is 6.55. The van der Waals surface area contributed by atoms with E-state index in [-0.39, 0.29) is 0 Å². The van der Waals surface area contributed by atoms with Gasteiger partial charge in [-0.3, -0.25) is 0 Å². The van der Waals surface area contributed by atoms with Gasteiger partial charge in [-0.15, -0.1) is 0 Å². The van der Waals surface area contributed by atoms with Crippen LogP contribution >= 0.6 is 0 Å². The van der Waals surface area contributed by atoms with Gasteiger partial charge in [0, 0.05) is 0 Å². The Bertz CT molecular complexity index is 212. The summed E-state index contributed by atoms with van der Waals surface area (Å²) in [5.74, 6) is 3.82. The van der Waals surface area contributed by atoms with Crippen LogP contribution in [-0.4, -0.2) is 0 Å². The fraction of sp³-hybridized carbons (Fsp3) is 0.600. The van der Waals surface area contributed by atoms with E-state index in [0.29, 0.717) is 0 Å². The minimum Gasteiger partial charge on any atom is -0.0879 e. The molecule has 1 fully saturated rings. The van der Waals surface area contributed by atoms with Crippen LogP contribution in [0.4, 0.5) is 0 Å². The first-order valence-corrected chi connectivity index (χ1v) is 4.30. The van der Waals surface area contributed by atoms with E-state index in [1.54, 1.807) is 0 Å². The van der Waals surface area contributed by atoms with Crippen molar-refractivity contribution >= 4 is 0 Å². The van der Waals surface area contributed by atoms with Crippen LogP contribution < -0.4 is 0 Å². The van der Waals surface area contributed by atoms with Gasteiger partial charge in [0.25, 0.3) is 0 Å². The standard InChI is InChI=1S/C10H12/c1-2-9-7-4-5-8(6-7)10(9)3-1/h1-2,4-5,7-10H,3,6H2/t7-,8-,9-,10+/m0/s1. The summed E-state index contributed by atoms with van der Waals surface area (Å²) in [5.41, 5.74) is 0. The van der Waals surface area contributed by atoms with Crippen molar-refractivity contribution in [3.63, 3.8) is 0 Å². The Kier molecular flexibility index (Phi) is 0.803. The Labute approximate surface area is 61.6 Å². The van der Waals surface area contributed by atoms with Gasteiger partial charge in [-0.25, -0.2) is 0 Å². The van der Waals surface area contributed by atoms with Crippen LogP contribution in [0.3, 0.4) is 0 Å². The van der Waals surface area contributed by atoms with E-state index in [0.717, 1.165) is 23.7 Å². The third kappa shape index (κ3) is 0.448. The van der Waals surface area contributed by atoms with Crippen LogP contribution in [0.5, 0.6) is 0 Å². The molecule has 0 aliphatic heterocycles. The molecule has 10 heavy (non-hydrogen) atoms. The number of fused-ring (bicyclic) bond motifs is 5. The van der Waals surface area contributed by atoms with E-state index in [2.05, 4.69) is 24.3 Å². The molecule has 2 bridgehead atoms. The molecule has 0 radical (unpaired) electrons. The third-order valence-corrected chi connectivity index (χ3v) is 3.46. The largest absolute Gasteiger partial charge is 0.0879 e. The van der Waals surface area contributed by atoms with E-state index in [9.17, 15) is 0 Å². The van der Waals surface area contributed by atoms with E-state index >= 15 is 0 Å². The summed E-state index contributed by atoms with van der Waals surface area (Å²) in [5, 5.41) is 0. The molecule has 4 atom stereocenters. The number of hydrogen-bond acceptors (Lipinski definition) is 0. The number of hydrogen-bond donors (Lipinski definition) is 0. The lowest BCUT2D eigenvalue weighted by Gasteiger charge is -2.18. The van der Waals surface area contributed by atoms with E-state index < -0.39 is 0 Å². The highest BCUT2D eigenvalue weighted by Crippen LogP contribution is 2.52. The normalized spacial score (nSPS) is 54.4. The highest BCUT2D eigenvalue weighted by Gasteiger charge is 2.44. The molecule has 0 spiro atoms. The Hall–Kier alpha value is -0.520. The molecule has 3 aliphatic rings. The summed E-state index contributed by atoms with van der Waals surface area (Å²) in [6, 6.07) is 0. The molecule has 0 N–H and O–H groups in total. The summed E-state index contributed by atoms with van der Waals surface area (Å²) in [4.78, 5) is 0. The van der Waals surface area contributed by atoms with Crippen molar-refractivity contribution < 1.29 is 0 Å². The molecule has 3 rings (SSSR count). The molecule has 0 heterocycles. The molecule has 0 aromatic rings.